The van der Waals surface area contributed by atoms with Crippen molar-refractivity contribution in [2.75, 3.05) is 5.32 Å². The number of anilines is 1. The Labute approximate surface area is 128 Å². The van der Waals surface area contributed by atoms with Crippen LogP contribution in [0.4, 0.5) is 5.69 Å². The molecule has 3 rings (SSSR count). The van der Waals surface area contributed by atoms with E-state index in [2.05, 4.69) is 15.6 Å². The van der Waals surface area contributed by atoms with Gasteiger partial charge in [0.05, 0.1) is 6.33 Å². The first-order valence-corrected chi connectivity index (χ1v) is 7.37. The summed E-state index contributed by atoms with van der Waals surface area (Å²) in [4.78, 5) is 27.8. The molecule has 1 aromatic heterocycles. The Hall–Kier alpha value is -2.63. The molecule has 114 valence electrons. The van der Waals surface area contributed by atoms with Crippen molar-refractivity contribution in [2.24, 2.45) is 0 Å². The van der Waals surface area contributed by atoms with Crippen LogP contribution in [0.15, 0.2) is 43.0 Å². The van der Waals surface area contributed by atoms with Gasteiger partial charge in [0.25, 0.3) is 5.91 Å². The van der Waals surface area contributed by atoms with E-state index in [-0.39, 0.29) is 11.8 Å². The van der Waals surface area contributed by atoms with E-state index in [0.29, 0.717) is 30.3 Å². The zero-order valence-corrected chi connectivity index (χ0v) is 12.2. The first-order valence-electron chi connectivity index (χ1n) is 7.37. The Morgan fingerprint density at radius 1 is 1.32 bits per heavy atom. The molecule has 1 heterocycles. The summed E-state index contributed by atoms with van der Waals surface area (Å²) in [6, 6.07) is 7.32. The van der Waals surface area contributed by atoms with Crippen molar-refractivity contribution in [3.05, 3.63) is 48.5 Å². The Bertz CT molecular complexity index is 663. The molecule has 1 saturated carbocycles. The van der Waals surface area contributed by atoms with Gasteiger partial charge in [0.1, 0.15) is 0 Å². The molecule has 1 aromatic carbocycles. The molecule has 6 heteroatoms. The van der Waals surface area contributed by atoms with Gasteiger partial charge in [-0.05, 0) is 31.0 Å². The molecule has 6 nitrogen and oxygen atoms in total. The molecule has 1 aliphatic carbocycles. The lowest BCUT2D eigenvalue weighted by Gasteiger charge is -2.08. The summed E-state index contributed by atoms with van der Waals surface area (Å²) in [5.41, 5.74) is 1.21. The highest BCUT2D eigenvalue weighted by Gasteiger charge is 2.23. The predicted molar refractivity (Wildman–Crippen MR) is 82.4 cm³/mol. The lowest BCUT2D eigenvalue weighted by molar-refractivity contribution is -0.116. The molecular formula is C16H18N4O2. The van der Waals surface area contributed by atoms with Gasteiger partial charge in [0, 0.05) is 42.7 Å². The summed E-state index contributed by atoms with van der Waals surface area (Å²) in [5, 5.41) is 5.75. The van der Waals surface area contributed by atoms with Crippen molar-refractivity contribution >= 4 is 17.5 Å². The fourth-order valence-electron chi connectivity index (χ4n) is 2.11. The van der Waals surface area contributed by atoms with Crippen molar-refractivity contribution in [1.29, 1.82) is 0 Å². The quantitative estimate of drug-likeness (QED) is 0.854. The molecule has 0 atom stereocenters. The minimum absolute atomic E-state index is 0.0861. The van der Waals surface area contributed by atoms with Gasteiger partial charge in [-0.1, -0.05) is 6.07 Å². The minimum atomic E-state index is -0.0894. The summed E-state index contributed by atoms with van der Waals surface area (Å²) in [6.45, 7) is 0.577. The van der Waals surface area contributed by atoms with Crippen molar-refractivity contribution < 1.29 is 9.59 Å². The first kappa shape index (κ1) is 14.3. The van der Waals surface area contributed by atoms with Crippen molar-refractivity contribution in [3.63, 3.8) is 0 Å². The van der Waals surface area contributed by atoms with Crippen LogP contribution in [0.5, 0.6) is 0 Å². The number of nitrogens with one attached hydrogen (secondary N) is 2. The third kappa shape index (κ3) is 3.94. The van der Waals surface area contributed by atoms with Crippen molar-refractivity contribution in [2.45, 2.75) is 31.8 Å². The number of hydrogen-bond donors (Lipinski definition) is 2. The first-order chi connectivity index (χ1) is 10.7. The topological polar surface area (TPSA) is 76.0 Å². The van der Waals surface area contributed by atoms with Crippen LogP contribution in [0, 0.1) is 0 Å². The van der Waals surface area contributed by atoms with Crippen LogP contribution in [-0.4, -0.2) is 27.4 Å². The van der Waals surface area contributed by atoms with E-state index in [4.69, 9.17) is 0 Å². The molecule has 2 aromatic rings. The number of aromatic nitrogens is 2. The van der Waals surface area contributed by atoms with E-state index in [1.807, 2.05) is 10.8 Å². The fourth-order valence-corrected chi connectivity index (χ4v) is 2.11. The number of carbonyl (C=O) groups excluding carboxylic acids is 2. The molecule has 0 saturated heterocycles. The molecule has 22 heavy (non-hydrogen) atoms. The third-order valence-electron chi connectivity index (χ3n) is 3.48. The normalized spacial score (nSPS) is 13.6. The van der Waals surface area contributed by atoms with E-state index in [0.717, 1.165) is 12.8 Å². The second-order valence-electron chi connectivity index (χ2n) is 5.43. The van der Waals surface area contributed by atoms with Crippen LogP contribution < -0.4 is 10.6 Å². The van der Waals surface area contributed by atoms with Gasteiger partial charge in [-0.25, -0.2) is 4.98 Å². The number of rotatable bonds is 6. The van der Waals surface area contributed by atoms with E-state index in [1.54, 1.807) is 36.8 Å². The van der Waals surface area contributed by atoms with Crippen LogP contribution >= 0.6 is 0 Å². The molecule has 2 amide bonds. The Kier molecular flexibility index (Phi) is 4.18. The standard InChI is InChI=1S/C16H18N4O2/c21-15(6-8-20-9-7-17-11-20)18-14-3-1-2-12(10-14)16(22)19-13-4-5-13/h1-3,7,9-11,13H,4-6,8H2,(H,18,21)(H,19,22). The van der Waals surface area contributed by atoms with Gasteiger partial charge < -0.3 is 15.2 Å². The number of imidazole rings is 1. The van der Waals surface area contributed by atoms with Gasteiger partial charge in [0.15, 0.2) is 0 Å². The maximum atomic E-state index is 12.0. The molecule has 0 radical (unpaired) electrons. The molecule has 0 bridgehead atoms. The van der Waals surface area contributed by atoms with Crippen molar-refractivity contribution in [1.82, 2.24) is 14.9 Å². The maximum Gasteiger partial charge on any atom is 0.251 e. The zero-order valence-electron chi connectivity index (χ0n) is 12.2. The molecule has 1 aliphatic rings. The lowest BCUT2D eigenvalue weighted by Crippen LogP contribution is -2.25. The average molecular weight is 298 g/mol. The van der Waals surface area contributed by atoms with E-state index in [9.17, 15) is 9.59 Å². The van der Waals surface area contributed by atoms with Gasteiger partial charge in [0.2, 0.25) is 5.91 Å². The molecule has 1 fully saturated rings. The number of benzene rings is 1. The van der Waals surface area contributed by atoms with Crippen LogP contribution in [0.3, 0.4) is 0 Å². The fraction of sp³-hybridized carbons (Fsp3) is 0.312. The summed E-state index contributed by atoms with van der Waals surface area (Å²) in [7, 11) is 0. The summed E-state index contributed by atoms with van der Waals surface area (Å²) >= 11 is 0. The highest BCUT2D eigenvalue weighted by molar-refractivity contribution is 5.97. The molecule has 2 N–H and O–H groups in total. The van der Waals surface area contributed by atoms with Gasteiger partial charge >= 0.3 is 0 Å². The number of nitrogens with zero attached hydrogens (tertiary/aromatic N) is 2. The van der Waals surface area contributed by atoms with Crippen LogP contribution in [-0.2, 0) is 11.3 Å². The molecule has 0 aliphatic heterocycles. The average Bonchev–Trinajstić information content (AvgIpc) is 3.17. The SMILES string of the molecule is O=C(CCn1ccnc1)Nc1cccc(C(=O)NC2CC2)c1. The second kappa shape index (κ2) is 6.43. The van der Waals surface area contributed by atoms with E-state index < -0.39 is 0 Å². The highest BCUT2D eigenvalue weighted by atomic mass is 16.2. The van der Waals surface area contributed by atoms with Gasteiger partial charge in [-0.2, -0.15) is 0 Å². The Balaban J connectivity index is 1.54. The van der Waals surface area contributed by atoms with Crippen LogP contribution in [0.2, 0.25) is 0 Å². The third-order valence-corrected chi connectivity index (χ3v) is 3.48. The predicted octanol–water partition coefficient (Wildman–Crippen LogP) is 1.80. The number of carbonyl (C=O) groups is 2. The van der Waals surface area contributed by atoms with Crippen LogP contribution in [0.25, 0.3) is 0 Å². The summed E-state index contributed by atoms with van der Waals surface area (Å²) in [6.07, 6.45) is 7.63. The maximum absolute atomic E-state index is 12.0. The molecular weight excluding hydrogens is 280 g/mol. The van der Waals surface area contributed by atoms with Crippen LogP contribution in [0.1, 0.15) is 29.6 Å². The highest BCUT2D eigenvalue weighted by Crippen LogP contribution is 2.20. The Morgan fingerprint density at radius 3 is 2.91 bits per heavy atom. The Morgan fingerprint density at radius 2 is 2.18 bits per heavy atom. The summed E-state index contributed by atoms with van der Waals surface area (Å²) in [5.74, 6) is -0.175. The van der Waals surface area contributed by atoms with Gasteiger partial charge in [-0.15, -0.1) is 0 Å². The summed E-state index contributed by atoms with van der Waals surface area (Å²) < 4.78 is 1.85. The number of aryl methyl sites for hydroxylation is 1. The monoisotopic (exact) mass is 298 g/mol. The minimum Gasteiger partial charge on any atom is -0.349 e. The second-order valence-corrected chi connectivity index (χ2v) is 5.43. The van der Waals surface area contributed by atoms with E-state index in [1.165, 1.54) is 0 Å². The zero-order chi connectivity index (χ0) is 15.4. The van der Waals surface area contributed by atoms with Crippen molar-refractivity contribution in [3.8, 4) is 0 Å². The molecule has 0 spiro atoms. The molecule has 0 unspecified atom stereocenters. The number of hydrogen-bond acceptors (Lipinski definition) is 3. The van der Waals surface area contributed by atoms with Gasteiger partial charge in [-0.3, -0.25) is 9.59 Å². The smallest absolute Gasteiger partial charge is 0.251 e. The lowest BCUT2D eigenvalue weighted by atomic mass is 10.2. The largest absolute Gasteiger partial charge is 0.349 e. The van der Waals surface area contributed by atoms with E-state index >= 15 is 0 Å². The number of amides is 2.